The first-order valence-corrected chi connectivity index (χ1v) is 7.88. The highest BCUT2D eigenvalue weighted by atomic mass is 16.8. The lowest BCUT2D eigenvalue weighted by molar-refractivity contribution is -0.0371. The molecule has 0 amide bonds. The number of carbonyl (C=O) groups excluding carboxylic acids is 2. The Balaban J connectivity index is 1.68. The number of aryl methyl sites for hydroxylation is 1. The predicted octanol–water partition coefficient (Wildman–Crippen LogP) is 3.25. The minimum absolute atomic E-state index is 0.253. The van der Waals surface area contributed by atoms with Crippen molar-refractivity contribution in [3.8, 4) is 0 Å². The molecule has 0 radical (unpaired) electrons. The first-order valence-electron chi connectivity index (χ1n) is 7.88. The molecule has 0 bridgehead atoms. The second-order valence-corrected chi connectivity index (χ2v) is 5.23. The minimum atomic E-state index is -1.02. The van der Waals surface area contributed by atoms with Gasteiger partial charge in [-0.2, -0.15) is 0 Å². The molecule has 1 unspecified atom stereocenters. The zero-order chi connectivity index (χ0) is 18.1. The highest BCUT2D eigenvalue weighted by Crippen LogP contribution is 2.14. The van der Waals surface area contributed by atoms with Crippen molar-refractivity contribution < 1.29 is 28.9 Å². The molecule has 0 aliphatic heterocycles. The van der Waals surface area contributed by atoms with Crippen molar-refractivity contribution in [2.24, 2.45) is 0 Å². The normalized spacial score (nSPS) is 11.4. The molecule has 0 aromatic heterocycles. The number of esters is 1. The molecule has 25 heavy (non-hydrogen) atoms. The van der Waals surface area contributed by atoms with Gasteiger partial charge < -0.3 is 19.3 Å². The molecule has 1 atom stereocenters. The number of carbonyl (C=O) groups is 2. The smallest absolute Gasteiger partial charge is 0.431 e. The highest BCUT2D eigenvalue weighted by molar-refractivity contribution is 5.89. The minimum Gasteiger partial charge on any atom is -0.431 e. The summed E-state index contributed by atoms with van der Waals surface area (Å²) in [6.45, 7) is 1.22. The van der Waals surface area contributed by atoms with Crippen molar-refractivity contribution in [1.29, 1.82) is 0 Å². The molecule has 0 heterocycles. The van der Waals surface area contributed by atoms with E-state index in [1.165, 1.54) is 0 Å². The second kappa shape index (κ2) is 9.44. The summed E-state index contributed by atoms with van der Waals surface area (Å²) in [6.07, 6.45) is -1.07. The lowest BCUT2D eigenvalue weighted by atomic mass is 10.1. The molecule has 2 rings (SSSR count). The van der Waals surface area contributed by atoms with Crippen LogP contribution < -0.4 is 0 Å². The number of hydrogen-bond donors (Lipinski definition) is 1. The van der Waals surface area contributed by atoms with Crippen LogP contribution in [0.1, 0.15) is 34.5 Å². The second-order valence-electron chi connectivity index (χ2n) is 5.23. The lowest BCUT2D eigenvalue weighted by Crippen LogP contribution is -2.17. The molecule has 1 N–H and O–H groups in total. The van der Waals surface area contributed by atoms with E-state index in [4.69, 9.17) is 9.47 Å². The molecule has 0 saturated heterocycles. The molecule has 0 spiro atoms. The van der Waals surface area contributed by atoms with Gasteiger partial charge in [0.25, 0.3) is 0 Å². The third-order valence-electron chi connectivity index (χ3n) is 3.51. The summed E-state index contributed by atoms with van der Waals surface area (Å²) in [5.74, 6) is -0.607. The summed E-state index contributed by atoms with van der Waals surface area (Å²) < 4.78 is 14.2. The first-order chi connectivity index (χ1) is 12.1. The molecule has 0 fully saturated rings. The average Bonchev–Trinajstić information content (AvgIpc) is 2.66. The Morgan fingerprint density at radius 2 is 1.64 bits per heavy atom. The van der Waals surface area contributed by atoms with Crippen LogP contribution >= 0.6 is 0 Å². The largest absolute Gasteiger partial charge is 0.511 e. The quantitative estimate of drug-likeness (QED) is 0.613. The van der Waals surface area contributed by atoms with Crippen LogP contribution in [0.3, 0.4) is 0 Å². The topological polar surface area (TPSA) is 82.1 Å². The maximum Gasteiger partial charge on any atom is 0.511 e. The maximum absolute atomic E-state index is 11.6. The van der Waals surface area contributed by atoms with Gasteiger partial charge in [0.1, 0.15) is 12.7 Å². The summed E-state index contributed by atoms with van der Waals surface area (Å²) in [5, 5.41) is 9.98. The van der Waals surface area contributed by atoms with E-state index >= 15 is 0 Å². The van der Waals surface area contributed by atoms with Crippen molar-refractivity contribution in [2.75, 3.05) is 13.4 Å². The van der Waals surface area contributed by atoms with E-state index in [-0.39, 0.29) is 6.61 Å². The van der Waals surface area contributed by atoms with Crippen molar-refractivity contribution in [3.05, 3.63) is 71.3 Å². The molecular weight excluding hydrogens is 324 g/mol. The van der Waals surface area contributed by atoms with Gasteiger partial charge in [0.15, 0.2) is 0 Å². The molecule has 132 valence electrons. The van der Waals surface area contributed by atoms with Gasteiger partial charge in [-0.15, -0.1) is 0 Å². The van der Waals surface area contributed by atoms with Crippen LogP contribution in [0.5, 0.6) is 0 Å². The fourth-order valence-electron chi connectivity index (χ4n) is 2.05. The zero-order valence-electron chi connectivity index (χ0n) is 13.9. The molecule has 0 aliphatic rings. The Bertz CT molecular complexity index is 681. The number of ether oxygens (including phenoxy) is 3. The van der Waals surface area contributed by atoms with Gasteiger partial charge >= 0.3 is 12.1 Å². The van der Waals surface area contributed by atoms with Gasteiger partial charge in [-0.25, -0.2) is 9.59 Å². The maximum atomic E-state index is 11.6. The Morgan fingerprint density at radius 1 is 0.960 bits per heavy atom. The fourth-order valence-corrected chi connectivity index (χ4v) is 2.05. The molecular formula is C19H20O6. The number of rotatable bonds is 7. The predicted molar refractivity (Wildman–Crippen MR) is 89.9 cm³/mol. The van der Waals surface area contributed by atoms with E-state index in [0.29, 0.717) is 11.1 Å². The molecule has 2 aromatic rings. The number of aliphatic hydroxyl groups excluding tert-OH is 1. The summed E-state index contributed by atoms with van der Waals surface area (Å²) in [7, 11) is 0. The monoisotopic (exact) mass is 344 g/mol. The summed E-state index contributed by atoms with van der Waals surface area (Å²) >= 11 is 0. The van der Waals surface area contributed by atoms with E-state index in [0.717, 1.165) is 12.0 Å². The van der Waals surface area contributed by atoms with Gasteiger partial charge in [0, 0.05) is 0 Å². The Morgan fingerprint density at radius 3 is 2.28 bits per heavy atom. The van der Waals surface area contributed by atoms with Crippen LogP contribution in [0.2, 0.25) is 0 Å². The number of benzene rings is 2. The van der Waals surface area contributed by atoms with Crippen LogP contribution in [-0.2, 0) is 20.6 Å². The Hall–Kier alpha value is -2.86. The van der Waals surface area contributed by atoms with Crippen molar-refractivity contribution in [3.63, 3.8) is 0 Å². The standard InChI is InChI=1S/C19H20O6/c1-2-14-8-10-15(11-9-14)17(20)12-23-19(22)25-13-24-18(21)16-6-4-3-5-7-16/h3-11,17,20H,2,12-13H2,1H3. The summed E-state index contributed by atoms with van der Waals surface area (Å²) in [5.41, 5.74) is 2.14. The third-order valence-corrected chi connectivity index (χ3v) is 3.51. The van der Waals surface area contributed by atoms with Gasteiger partial charge in [0.05, 0.1) is 5.56 Å². The Labute approximate surface area is 146 Å². The van der Waals surface area contributed by atoms with Crippen molar-refractivity contribution in [2.45, 2.75) is 19.4 Å². The van der Waals surface area contributed by atoms with Gasteiger partial charge in [-0.1, -0.05) is 49.4 Å². The van der Waals surface area contributed by atoms with E-state index in [9.17, 15) is 14.7 Å². The van der Waals surface area contributed by atoms with Gasteiger partial charge in [-0.05, 0) is 29.7 Å². The molecule has 2 aromatic carbocycles. The first kappa shape index (κ1) is 18.5. The van der Waals surface area contributed by atoms with Crippen molar-refractivity contribution >= 4 is 12.1 Å². The zero-order valence-corrected chi connectivity index (χ0v) is 13.9. The van der Waals surface area contributed by atoms with Crippen LogP contribution in [0.4, 0.5) is 4.79 Å². The SMILES string of the molecule is CCc1ccc(C(O)COC(=O)OCOC(=O)c2ccccc2)cc1. The van der Waals surface area contributed by atoms with Gasteiger partial charge in [-0.3, -0.25) is 0 Å². The van der Waals surface area contributed by atoms with Gasteiger partial charge in [0.2, 0.25) is 6.79 Å². The molecule has 6 heteroatoms. The van der Waals surface area contributed by atoms with E-state index in [1.807, 2.05) is 19.1 Å². The van der Waals surface area contributed by atoms with E-state index in [1.54, 1.807) is 42.5 Å². The highest BCUT2D eigenvalue weighted by Gasteiger charge is 2.13. The average molecular weight is 344 g/mol. The Kier molecular flexibility index (Phi) is 6.98. The van der Waals surface area contributed by atoms with Crippen LogP contribution in [-0.4, -0.2) is 30.6 Å². The molecule has 0 aliphatic carbocycles. The molecule has 0 saturated carbocycles. The fraction of sp³-hybridized carbons (Fsp3) is 0.263. The van der Waals surface area contributed by atoms with Crippen LogP contribution in [0.15, 0.2) is 54.6 Å². The number of aliphatic hydroxyl groups is 1. The van der Waals surface area contributed by atoms with E-state index < -0.39 is 25.0 Å². The van der Waals surface area contributed by atoms with E-state index in [2.05, 4.69) is 4.74 Å². The third kappa shape index (κ3) is 5.93. The number of hydrogen-bond acceptors (Lipinski definition) is 6. The lowest BCUT2D eigenvalue weighted by Gasteiger charge is -2.12. The van der Waals surface area contributed by atoms with Crippen LogP contribution in [0.25, 0.3) is 0 Å². The summed E-state index contributed by atoms with van der Waals surface area (Å²) in [4.78, 5) is 23.1. The summed E-state index contributed by atoms with van der Waals surface area (Å²) in [6, 6.07) is 15.7. The molecule has 6 nitrogen and oxygen atoms in total. The van der Waals surface area contributed by atoms with Crippen molar-refractivity contribution in [1.82, 2.24) is 0 Å². The van der Waals surface area contributed by atoms with Crippen LogP contribution in [0, 0.1) is 0 Å².